The van der Waals surface area contributed by atoms with E-state index in [0.29, 0.717) is 17.2 Å². The molecule has 8 heteroatoms. The van der Waals surface area contributed by atoms with E-state index in [4.69, 9.17) is 17.9 Å². The number of hydrogen-bond acceptors (Lipinski definition) is 6. The van der Waals surface area contributed by atoms with Crippen LogP contribution in [0.3, 0.4) is 0 Å². The van der Waals surface area contributed by atoms with Crippen LogP contribution in [0, 0.1) is 0 Å². The Kier molecular flexibility index (Phi) is 9.28. The fourth-order valence-corrected chi connectivity index (χ4v) is 7.34. The number of hydrogen-bond donors (Lipinski definition) is 2. The SMILES string of the molecule is OP(O)O[PH](Oc1ccc(-c2ccccc2)cc1)(Oc1ccc(-c2ccccc2)cc1)Oc1ccc(-c2ccccc2)cc1. The Morgan fingerprint density at radius 3 is 0.841 bits per heavy atom. The molecular formula is C36H30O6P2. The van der Waals surface area contributed by atoms with E-state index in [1.807, 2.05) is 127 Å². The molecule has 2 N–H and O–H groups in total. The molecular weight excluding hydrogens is 590 g/mol. The quantitative estimate of drug-likeness (QED) is 0.140. The molecule has 0 aliphatic rings. The molecule has 6 aromatic rings. The summed E-state index contributed by atoms with van der Waals surface area (Å²) in [5, 5.41) is 0. The van der Waals surface area contributed by atoms with Gasteiger partial charge in [0.25, 0.3) is 0 Å². The molecule has 0 radical (unpaired) electrons. The molecule has 0 unspecified atom stereocenters. The minimum absolute atomic E-state index is 0.384. The van der Waals surface area contributed by atoms with Crippen molar-refractivity contribution in [3.05, 3.63) is 164 Å². The first-order chi connectivity index (χ1) is 21.6. The van der Waals surface area contributed by atoms with Gasteiger partial charge in [0, 0.05) is 0 Å². The van der Waals surface area contributed by atoms with Crippen LogP contribution in [-0.4, -0.2) is 9.79 Å². The van der Waals surface area contributed by atoms with Crippen molar-refractivity contribution in [2.45, 2.75) is 0 Å². The Morgan fingerprint density at radius 1 is 0.341 bits per heavy atom. The zero-order valence-corrected chi connectivity index (χ0v) is 25.5. The van der Waals surface area contributed by atoms with Crippen molar-refractivity contribution in [2.75, 3.05) is 0 Å². The van der Waals surface area contributed by atoms with Gasteiger partial charge >= 0.3 is 259 Å². The molecule has 0 bridgehead atoms. The standard InChI is InChI=1S/C36H30O6P2/c37-43(38)42-44(39-34-22-16-31(17-23-34)28-10-4-1-5-11-28,40-35-24-18-32(19-25-35)29-12-6-2-7-13-29)41-36-26-20-33(21-27-36)30-14-8-3-9-15-30/h1-27,37-38,44H. The Bertz CT molecular complexity index is 1540. The van der Waals surface area contributed by atoms with Crippen LogP contribution in [0.25, 0.3) is 33.4 Å². The Morgan fingerprint density at radius 2 is 0.591 bits per heavy atom. The fraction of sp³-hybridized carbons (Fsp3) is 0. The summed E-state index contributed by atoms with van der Waals surface area (Å²) in [5.74, 6) is 1.15. The molecule has 0 aliphatic heterocycles. The van der Waals surface area contributed by atoms with Crippen molar-refractivity contribution in [2.24, 2.45) is 0 Å². The summed E-state index contributed by atoms with van der Waals surface area (Å²) in [6.45, 7) is 0. The van der Waals surface area contributed by atoms with E-state index in [9.17, 15) is 9.79 Å². The average molecular weight is 621 g/mol. The molecule has 0 saturated carbocycles. The van der Waals surface area contributed by atoms with Gasteiger partial charge in [-0.05, 0) is 0 Å². The number of rotatable bonds is 11. The van der Waals surface area contributed by atoms with Crippen LogP contribution in [0.15, 0.2) is 164 Å². The van der Waals surface area contributed by atoms with Gasteiger partial charge in [0.15, 0.2) is 0 Å². The summed E-state index contributed by atoms with van der Waals surface area (Å²) >= 11 is 0. The minimum atomic E-state index is -4.34. The molecule has 6 nitrogen and oxygen atoms in total. The Hall–Kier alpha value is -4.54. The van der Waals surface area contributed by atoms with E-state index in [-0.39, 0.29) is 0 Å². The van der Waals surface area contributed by atoms with Gasteiger partial charge in [-0.3, -0.25) is 0 Å². The van der Waals surface area contributed by atoms with E-state index in [1.54, 1.807) is 36.4 Å². The molecule has 0 aliphatic carbocycles. The van der Waals surface area contributed by atoms with Crippen LogP contribution >= 0.6 is 16.8 Å². The van der Waals surface area contributed by atoms with Crippen molar-refractivity contribution < 1.29 is 27.7 Å². The monoisotopic (exact) mass is 620 g/mol. The van der Waals surface area contributed by atoms with E-state index in [0.717, 1.165) is 33.4 Å². The third-order valence-corrected chi connectivity index (χ3v) is 9.81. The molecule has 0 fully saturated rings. The van der Waals surface area contributed by atoms with Gasteiger partial charge < -0.3 is 0 Å². The maximum absolute atomic E-state index is 10.1. The van der Waals surface area contributed by atoms with Crippen molar-refractivity contribution in [1.29, 1.82) is 0 Å². The van der Waals surface area contributed by atoms with Gasteiger partial charge in [-0.15, -0.1) is 0 Å². The van der Waals surface area contributed by atoms with Gasteiger partial charge in [0.05, 0.1) is 0 Å². The van der Waals surface area contributed by atoms with Crippen LogP contribution in [0.2, 0.25) is 0 Å². The second kappa shape index (κ2) is 13.8. The van der Waals surface area contributed by atoms with Crippen LogP contribution in [0.4, 0.5) is 0 Å². The third-order valence-electron chi connectivity index (χ3n) is 6.81. The summed E-state index contributed by atoms with van der Waals surface area (Å²) in [6, 6.07) is 52.0. The molecule has 0 spiro atoms. The molecule has 6 aromatic carbocycles. The van der Waals surface area contributed by atoms with Crippen molar-refractivity contribution in [1.82, 2.24) is 0 Å². The van der Waals surface area contributed by atoms with Crippen molar-refractivity contribution in [3.63, 3.8) is 0 Å². The summed E-state index contributed by atoms with van der Waals surface area (Å²) in [4.78, 5) is 20.2. The normalized spacial score (nSPS) is 11.6. The van der Waals surface area contributed by atoms with Gasteiger partial charge in [-0.2, -0.15) is 0 Å². The second-order valence-corrected chi connectivity index (χ2v) is 12.7. The summed E-state index contributed by atoms with van der Waals surface area (Å²) in [5.41, 5.74) is 6.14. The second-order valence-electron chi connectivity index (χ2n) is 9.82. The van der Waals surface area contributed by atoms with Crippen LogP contribution in [0.1, 0.15) is 0 Å². The summed E-state index contributed by atoms with van der Waals surface area (Å²) in [6.07, 6.45) is 0. The topological polar surface area (TPSA) is 77.4 Å². The zero-order valence-electron chi connectivity index (χ0n) is 23.6. The van der Waals surface area contributed by atoms with E-state index < -0.39 is 16.8 Å². The molecule has 0 atom stereocenters. The van der Waals surface area contributed by atoms with Crippen LogP contribution in [0.5, 0.6) is 17.2 Å². The van der Waals surface area contributed by atoms with Crippen molar-refractivity contribution in [3.8, 4) is 50.6 Å². The molecule has 0 saturated heterocycles. The van der Waals surface area contributed by atoms with Crippen LogP contribution in [-0.2, 0) is 4.31 Å². The molecule has 0 heterocycles. The predicted octanol–water partition coefficient (Wildman–Crippen LogP) is 9.86. The van der Waals surface area contributed by atoms with Crippen LogP contribution < -0.4 is 13.6 Å². The fourth-order valence-electron chi connectivity index (χ4n) is 4.69. The van der Waals surface area contributed by atoms with Gasteiger partial charge in [0.1, 0.15) is 0 Å². The first-order valence-corrected chi connectivity index (χ1v) is 16.8. The average Bonchev–Trinajstić information content (AvgIpc) is 3.07. The Labute approximate surface area is 258 Å². The van der Waals surface area contributed by atoms with Gasteiger partial charge in [-0.25, -0.2) is 0 Å². The van der Waals surface area contributed by atoms with E-state index in [2.05, 4.69) is 0 Å². The van der Waals surface area contributed by atoms with Crippen molar-refractivity contribution >= 4 is 16.8 Å². The molecule has 6 rings (SSSR count). The number of benzene rings is 6. The van der Waals surface area contributed by atoms with Gasteiger partial charge in [0.2, 0.25) is 0 Å². The maximum atomic E-state index is 10.1. The van der Waals surface area contributed by atoms with E-state index >= 15 is 0 Å². The van der Waals surface area contributed by atoms with Gasteiger partial charge in [-0.1, -0.05) is 0 Å². The molecule has 44 heavy (non-hydrogen) atoms. The summed E-state index contributed by atoms with van der Waals surface area (Å²) < 4.78 is 24.6. The molecule has 220 valence electrons. The first-order valence-electron chi connectivity index (χ1n) is 14.0. The zero-order chi connectivity index (χ0) is 30.2. The third kappa shape index (κ3) is 7.50. The van der Waals surface area contributed by atoms with E-state index in [1.165, 1.54) is 0 Å². The first kappa shape index (κ1) is 29.5. The Balaban J connectivity index is 1.32. The molecule has 0 aromatic heterocycles. The molecule has 0 amide bonds. The predicted molar refractivity (Wildman–Crippen MR) is 178 cm³/mol. The summed E-state index contributed by atoms with van der Waals surface area (Å²) in [7, 11) is -7.26.